The summed E-state index contributed by atoms with van der Waals surface area (Å²) in [4.78, 5) is 4.55. The minimum absolute atomic E-state index is 0.146. The van der Waals surface area contributed by atoms with Crippen molar-refractivity contribution in [1.29, 1.82) is 0 Å². The van der Waals surface area contributed by atoms with Crippen molar-refractivity contribution in [2.24, 2.45) is 0 Å². The standard InChI is InChI=1S/C15H16F2N4O/c16-11-7-10(8-12(17)9-11)14-18-19-15(22-14)21-6-5-20-3-1-13(21)2-4-20/h7-9,13H,1-6H2. The van der Waals surface area contributed by atoms with E-state index in [0.717, 1.165) is 45.1 Å². The molecule has 2 aromatic rings. The summed E-state index contributed by atoms with van der Waals surface area (Å²) in [5.41, 5.74) is 0.263. The highest BCUT2D eigenvalue weighted by molar-refractivity contribution is 5.53. The SMILES string of the molecule is Fc1cc(F)cc(-c2nnc(N3CCN4CCC3CC4)o2)c1. The van der Waals surface area contributed by atoms with Crippen molar-refractivity contribution in [2.45, 2.75) is 18.9 Å². The predicted octanol–water partition coefficient (Wildman–Crippen LogP) is 2.30. The average molecular weight is 306 g/mol. The first-order valence-corrected chi connectivity index (χ1v) is 7.48. The molecule has 0 spiro atoms. The first kappa shape index (κ1) is 13.6. The van der Waals surface area contributed by atoms with E-state index in [9.17, 15) is 8.78 Å². The lowest BCUT2D eigenvalue weighted by Gasteiger charge is -2.29. The minimum atomic E-state index is -0.657. The fraction of sp³-hybridized carbons (Fsp3) is 0.467. The van der Waals surface area contributed by atoms with Gasteiger partial charge in [-0.25, -0.2) is 8.78 Å². The van der Waals surface area contributed by atoms with Crippen LogP contribution in [-0.2, 0) is 0 Å². The Labute approximate surface area is 126 Å². The first-order chi connectivity index (χ1) is 10.7. The summed E-state index contributed by atoms with van der Waals surface area (Å²) < 4.78 is 32.3. The smallest absolute Gasteiger partial charge is 0.318 e. The Morgan fingerprint density at radius 1 is 0.955 bits per heavy atom. The van der Waals surface area contributed by atoms with Gasteiger partial charge in [-0.2, -0.15) is 0 Å². The van der Waals surface area contributed by atoms with E-state index in [1.165, 1.54) is 12.1 Å². The molecule has 0 saturated carbocycles. The number of fused-ring (bicyclic) bond motifs is 4. The van der Waals surface area contributed by atoms with E-state index in [2.05, 4.69) is 20.0 Å². The minimum Gasteiger partial charge on any atom is -0.403 e. The summed E-state index contributed by atoms with van der Waals surface area (Å²) in [5, 5.41) is 8.03. The van der Waals surface area contributed by atoms with Crippen LogP contribution in [0.15, 0.2) is 22.6 Å². The lowest BCUT2D eigenvalue weighted by atomic mass is 10.1. The molecule has 116 valence electrons. The fourth-order valence-corrected chi connectivity index (χ4v) is 3.26. The van der Waals surface area contributed by atoms with Gasteiger partial charge in [0.2, 0.25) is 5.89 Å². The van der Waals surface area contributed by atoms with Crippen LogP contribution < -0.4 is 4.90 Å². The van der Waals surface area contributed by atoms with Crippen LogP contribution >= 0.6 is 0 Å². The van der Waals surface area contributed by atoms with Gasteiger partial charge in [0.15, 0.2) is 0 Å². The first-order valence-electron chi connectivity index (χ1n) is 7.48. The second-order valence-electron chi connectivity index (χ2n) is 5.81. The molecule has 0 amide bonds. The van der Waals surface area contributed by atoms with E-state index in [1.807, 2.05) is 0 Å². The predicted molar refractivity (Wildman–Crippen MR) is 76.5 cm³/mol. The maximum atomic E-state index is 13.3. The van der Waals surface area contributed by atoms with Crippen LogP contribution in [0.3, 0.4) is 0 Å². The summed E-state index contributed by atoms with van der Waals surface area (Å²) in [5.74, 6) is -1.17. The monoisotopic (exact) mass is 306 g/mol. The highest BCUT2D eigenvalue weighted by atomic mass is 19.1. The zero-order chi connectivity index (χ0) is 15.1. The van der Waals surface area contributed by atoms with Crippen LogP contribution in [0, 0.1) is 11.6 Å². The van der Waals surface area contributed by atoms with Gasteiger partial charge in [-0.3, -0.25) is 0 Å². The molecule has 3 aliphatic rings. The third-order valence-electron chi connectivity index (χ3n) is 4.42. The van der Waals surface area contributed by atoms with Crippen molar-refractivity contribution in [3.8, 4) is 11.5 Å². The van der Waals surface area contributed by atoms with Gasteiger partial charge in [-0.1, -0.05) is 5.10 Å². The number of rotatable bonds is 2. The molecule has 7 heteroatoms. The quantitative estimate of drug-likeness (QED) is 0.852. The topological polar surface area (TPSA) is 45.4 Å². The van der Waals surface area contributed by atoms with Gasteiger partial charge in [0.1, 0.15) is 11.6 Å². The Balaban J connectivity index is 1.63. The van der Waals surface area contributed by atoms with Crippen LogP contribution in [0.1, 0.15) is 12.8 Å². The molecule has 5 rings (SSSR count). The van der Waals surface area contributed by atoms with E-state index in [-0.39, 0.29) is 11.5 Å². The van der Waals surface area contributed by atoms with Crippen LogP contribution in [0.5, 0.6) is 0 Å². The van der Waals surface area contributed by atoms with Gasteiger partial charge in [-0.05, 0) is 25.0 Å². The van der Waals surface area contributed by atoms with Gasteiger partial charge in [0, 0.05) is 43.9 Å². The Kier molecular flexibility index (Phi) is 3.29. The number of hydrogen-bond donors (Lipinski definition) is 0. The van der Waals surface area contributed by atoms with Crippen molar-refractivity contribution >= 4 is 6.01 Å². The molecular formula is C15H16F2N4O. The van der Waals surface area contributed by atoms with E-state index in [1.54, 1.807) is 0 Å². The Hall–Kier alpha value is -2.02. The second-order valence-corrected chi connectivity index (χ2v) is 5.81. The highest BCUT2D eigenvalue weighted by Crippen LogP contribution is 2.28. The van der Waals surface area contributed by atoms with Crippen LogP contribution in [-0.4, -0.2) is 47.3 Å². The molecule has 0 N–H and O–H groups in total. The molecule has 1 aromatic carbocycles. The molecule has 0 unspecified atom stereocenters. The molecular weight excluding hydrogens is 290 g/mol. The number of hydrogen-bond acceptors (Lipinski definition) is 5. The largest absolute Gasteiger partial charge is 0.403 e. The van der Waals surface area contributed by atoms with E-state index < -0.39 is 11.6 Å². The molecule has 3 saturated heterocycles. The molecule has 5 nitrogen and oxygen atoms in total. The van der Waals surface area contributed by atoms with E-state index in [4.69, 9.17) is 4.42 Å². The van der Waals surface area contributed by atoms with Crippen molar-refractivity contribution in [3.05, 3.63) is 29.8 Å². The van der Waals surface area contributed by atoms with E-state index in [0.29, 0.717) is 12.1 Å². The number of nitrogens with zero attached hydrogens (tertiary/aromatic N) is 4. The number of anilines is 1. The summed E-state index contributed by atoms with van der Waals surface area (Å²) in [7, 11) is 0. The average Bonchev–Trinajstić information content (AvgIpc) is 2.80. The summed E-state index contributed by atoms with van der Waals surface area (Å²) in [6, 6.07) is 4.05. The molecule has 2 bridgehead atoms. The summed E-state index contributed by atoms with van der Waals surface area (Å²) in [6.07, 6.45) is 2.15. The van der Waals surface area contributed by atoms with Crippen LogP contribution in [0.4, 0.5) is 14.8 Å². The van der Waals surface area contributed by atoms with Gasteiger partial charge in [-0.15, -0.1) is 5.10 Å². The lowest BCUT2D eigenvalue weighted by Crippen LogP contribution is -2.38. The van der Waals surface area contributed by atoms with Gasteiger partial charge in [0.05, 0.1) is 0 Å². The molecule has 3 aliphatic heterocycles. The lowest BCUT2D eigenvalue weighted by molar-refractivity contribution is 0.249. The zero-order valence-corrected chi connectivity index (χ0v) is 12.0. The highest BCUT2D eigenvalue weighted by Gasteiger charge is 2.31. The van der Waals surface area contributed by atoms with Crippen molar-refractivity contribution in [2.75, 3.05) is 31.1 Å². The molecule has 0 atom stereocenters. The molecule has 0 radical (unpaired) electrons. The van der Waals surface area contributed by atoms with E-state index >= 15 is 0 Å². The van der Waals surface area contributed by atoms with Gasteiger partial charge < -0.3 is 14.2 Å². The molecule has 4 heterocycles. The van der Waals surface area contributed by atoms with Crippen LogP contribution in [0.2, 0.25) is 0 Å². The summed E-state index contributed by atoms with van der Waals surface area (Å²) in [6.45, 7) is 4.00. The Bertz CT molecular complexity index is 662. The van der Waals surface area contributed by atoms with Crippen molar-refractivity contribution in [3.63, 3.8) is 0 Å². The van der Waals surface area contributed by atoms with Crippen molar-refractivity contribution < 1.29 is 13.2 Å². The summed E-state index contributed by atoms with van der Waals surface area (Å²) >= 11 is 0. The number of aromatic nitrogens is 2. The van der Waals surface area contributed by atoms with Gasteiger partial charge in [0.25, 0.3) is 0 Å². The second kappa shape index (κ2) is 5.31. The maximum absolute atomic E-state index is 13.3. The van der Waals surface area contributed by atoms with Crippen molar-refractivity contribution in [1.82, 2.24) is 15.1 Å². The van der Waals surface area contributed by atoms with Crippen LogP contribution in [0.25, 0.3) is 11.5 Å². The Morgan fingerprint density at radius 3 is 2.41 bits per heavy atom. The number of benzene rings is 1. The number of piperidine rings is 1. The number of halogens is 2. The Morgan fingerprint density at radius 2 is 1.68 bits per heavy atom. The molecule has 1 aromatic heterocycles. The molecule has 22 heavy (non-hydrogen) atoms. The molecule has 3 fully saturated rings. The maximum Gasteiger partial charge on any atom is 0.318 e. The zero-order valence-electron chi connectivity index (χ0n) is 12.0. The fourth-order valence-electron chi connectivity index (χ4n) is 3.26. The molecule has 0 aliphatic carbocycles. The third-order valence-corrected chi connectivity index (χ3v) is 4.42. The van der Waals surface area contributed by atoms with Gasteiger partial charge >= 0.3 is 6.01 Å². The normalized spacial score (nSPS) is 24.5. The third kappa shape index (κ3) is 2.45.